The number of fused-ring (bicyclic) bond motifs is 4. The fourth-order valence-corrected chi connectivity index (χ4v) is 5.21. The second-order valence-electron chi connectivity index (χ2n) is 9.77. The van der Waals surface area contributed by atoms with E-state index in [0.717, 1.165) is 0 Å². The number of hydrogen-bond acceptors (Lipinski definition) is 2. The number of anilines is 3. The highest BCUT2D eigenvalue weighted by atomic mass is 16.3. The van der Waals surface area contributed by atoms with Crippen molar-refractivity contribution in [1.82, 2.24) is 0 Å². The maximum Gasteiger partial charge on any atom is 0.145 e. The Kier molecular flexibility index (Phi) is 2.59. The van der Waals surface area contributed by atoms with E-state index < -0.39 is 270 Å². The highest BCUT2D eigenvalue weighted by Crippen LogP contribution is 2.49. The molecule has 9 rings (SSSR count). The van der Waals surface area contributed by atoms with Crippen LogP contribution in [0.3, 0.4) is 0 Å². The summed E-state index contributed by atoms with van der Waals surface area (Å²) in [5, 5.41) is -3.05. The van der Waals surface area contributed by atoms with Gasteiger partial charge < -0.3 is 9.32 Å². The van der Waals surface area contributed by atoms with Crippen molar-refractivity contribution in [2.45, 2.75) is 0 Å². The molecule has 2 nitrogen and oxygen atoms in total. The molecule has 2 heteroatoms. The third-order valence-electron chi connectivity index (χ3n) is 7.18. The van der Waals surface area contributed by atoms with Gasteiger partial charge in [-0.3, -0.25) is 0 Å². The minimum Gasteiger partial charge on any atom is -0.455 e. The average molecular weight is 645 g/mol. The molecule has 0 atom stereocenters. The zero-order valence-electron chi connectivity index (χ0n) is 54.9. The lowest BCUT2D eigenvalue weighted by Gasteiger charge is -2.29. The van der Waals surface area contributed by atoms with Gasteiger partial charge in [-0.15, -0.1) is 0 Å². The maximum absolute atomic E-state index is 10.1. The predicted octanol–water partition coefficient (Wildman–Crippen LogP) is 13.2. The van der Waals surface area contributed by atoms with E-state index >= 15 is 0 Å². The Morgan fingerprint density at radius 1 is 0.396 bits per heavy atom. The Morgan fingerprint density at radius 2 is 1.00 bits per heavy atom. The molecule has 226 valence electrons. The molecule has 0 bridgehead atoms. The van der Waals surface area contributed by atoms with E-state index in [-0.39, 0.29) is 0 Å². The normalized spacial score (nSPS) is 20.4. The Morgan fingerprint density at radius 3 is 1.83 bits per heavy atom. The van der Waals surface area contributed by atoms with Crippen molar-refractivity contribution >= 4 is 49.8 Å². The van der Waals surface area contributed by atoms with Crippen LogP contribution in [0.1, 0.15) is 42.5 Å². The second-order valence-corrected chi connectivity index (χ2v) is 9.77. The van der Waals surface area contributed by atoms with E-state index in [9.17, 15) is 13.7 Å². The van der Waals surface area contributed by atoms with Crippen molar-refractivity contribution < 1.29 is 46.9 Å². The molecular formula is C46H31NO. The lowest BCUT2D eigenvalue weighted by molar-refractivity contribution is 0.670. The quantitative estimate of drug-likeness (QED) is 0.179. The first kappa shape index (κ1) is 10.6. The van der Waals surface area contributed by atoms with E-state index in [0.29, 0.717) is 4.90 Å². The molecule has 0 aliphatic rings. The Labute approximate surface area is 323 Å². The van der Waals surface area contributed by atoms with Crippen LogP contribution in [0.5, 0.6) is 0 Å². The number of para-hydroxylation sites is 3. The Hall–Kier alpha value is -6.38. The van der Waals surface area contributed by atoms with Crippen LogP contribution >= 0.6 is 0 Å². The van der Waals surface area contributed by atoms with Crippen LogP contribution in [0.15, 0.2) is 192 Å². The molecule has 0 spiro atoms. The molecule has 0 fully saturated rings. The van der Waals surface area contributed by atoms with Gasteiger partial charge in [0, 0.05) is 22.2 Å². The van der Waals surface area contributed by atoms with E-state index in [2.05, 4.69) is 0 Å². The monoisotopic (exact) mass is 644 g/mol. The third kappa shape index (κ3) is 4.66. The molecule has 1 heterocycles. The first-order valence-electron chi connectivity index (χ1n) is 29.3. The number of benzene rings is 8. The zero-order valence-corrected chi connectivity index (χ0v) is 23.9. The molecule has 0 unspecified atom stereocenters. The van der Waals surface area contributed by atoms with Crippen molar-refractivity contribution in [2.24, 2.45) is 0 Å². The zero-order chi connectivity index (χ0) is 58.8. The van der Waals surface area contributed by atoms with Gasteiger partial charge in [0.15, 0.2) is 0 Å². The fraction of sp³-hybridized carbons (Fsp3) is 0. The summed E-state index contributed by atoms with van der Waals surface area (Å²) in [4.78, 5) is 0.359. The molecule has 0 aliphatic heterocycles. The van der Waals surface area contributed by atoms with Crippen LogP contribution in [0.25, 0.3) is 66.1 Å². The van der Waals surface area contributed by atoms with Crippen molar-refractivity contribution in [1.29, 1.82) is 0 Å². The molecule has 8 aromatic carbocycles. The molecule has 0 N–H and O–H groups in total. The van der Waals surface area contributed by atoms with Crippen LogP contribution < -0.4 is 4.90 Å². The van der Waals surface area contributed by atoms with Crippen molar-refractivity contribution in [3.63, 3.8) is 0 Å². The number of rotatable bonds is 6. The van der Waals surface area contributed by atoms with Gasteiger partial charge >= 0.3 is 0 Å². The van der Waals surface area contributed by atoms with E-state index in [4.69, 9.17) is 33.2 Å². The minimum atomic E-state index is -1.33. The fourth-order valence-electron chi connectivity index (χ4n) is 5.21. The van der Waals surface area contributed by atoms with Gasteiger partial charge in [0.05, 0.1) is 59.3 Å². The van der Waals surface area contributed by atoms with Crippen molar-refractivity contribution in [3.05, 3.63) is 187 Å². The van der Waals surface area contributed by atoms with Gasteiger partial charge in [-0.2, -0.15) is 0 Å². The van der Waals surface area contributed by atoms with E-state index in [1.165, 1.54) is 0 Å². The molecule has 9 aromatic rings. The lowest BCUT2D eigenvalue weighted by atomic mass is 9.92. The summed E-state index contributed by atoms with van der Waals surface area (Å²) >= 11 is 0. The summed E-state index contributed by atoms with van der Waals surface area (Å²) in [6.45, 7) is 0. The number of furan rings is 1. The summed E-state index contributed by atoms with van der Waals surface area (Å²) in [5.41, 5.74) is -11.2. The van der Waals surface area contributed by atoms with Crippen LogP contribution in [-0.2, 0) is 0 Å². The lowest BCUT2D eigenvalue weighted by Crippen LogP contribution is -2.11. The molecule has 0 aliphatic carbocycles. The average Bonchev–Trinajstić information content (AvgIpc) is 4.10. The summed E-state index contributed by atoms with van der Waals surface area (Å²) in [6, 6.07) is -34.1. The standard InChI is InChI=1S/C46H31NO/c1-3-16-32(17-4-1)35-23-9-10-24-37(35)39-25-11-13-28-42(39)47(34-20-5-2-6-21-34)43-31-30-40(38-27-15-19-33-18-7-8-22-36(33)38)46-45(43)41-26-12-14-29-44(41)48-46/h1-31H/i1D,2D,3D,4D,5D,6D,7D,8D,9D,10D,11D,12D,13D,14D,15D,16D,17D,18D,19D,20D,21D,22D,23D,24D,25D,26D,27D,28D,29D,30D,31D. The molecule has 0 saturated heterocycles. The van der Waals surface area contributed by atoms with Crippen molar-refractivity contribution in [2.75, 3.05) is 4.90 Å². The molecule has 1 aromatic heterocycles. The van der Waals surface area contributed by atoms with Gasteiger partial charge in [0.25, 0.3) is 0 Å². The van der Waals surface area contributed by atoms with Gasteiger partial charge in [-0.05, 0) is 69.3 Å². The largest absolute Gasteiger partial charge is 0.455 e. The summed E-state index contributed by atoms with van der Waals surface area (Å²) < 4.78 is 285. The molecule has 0 amide bonds. The molecular weight excluding hydrogens is 583 g/mol. The number of nitrogens with zero attached hydrogens (tertiary/aromatic N) is 1. The van der Waals surface area contributed by atoms with Crippen molar-refractivity contribution in [3.8, 4) is 33.4 Å². The SMILES string of the molecule is [2H]c1c([2H])c([2H])c(-c2c([2H])c([2H])c([2H])c([2H])c2-c2c([2H])c([2H])c([2H])c([2H])c2N(c2c([2H])c([2H])c([2H])c([2H])c2[2H])c2c([2H])c([2H])c(-c3c([2H])c([2H])c([2H])c4c([2H])c([2H])c([2H])c([2H])c34)c3oc4c([2H])c([2H])c([2H])c([2H])c4c23)c([2H])c1[2H]. The summed E-state index contributed by atoms with van der Waals surface area (Å²) in [7, 11) is 0. The van der Waals surface area contributed by atoms with Crippen LogP contribution in [0.4, 0.5) is 17.1 Å². The maximum atomic E-state index is 10.1. The second kappa shape index (κ2) is 11.8. The molecule has 0 radical (unpaired) electrons. The summed E-state index contributed by atoms with van der Waals surface area (Å²) in [6.07, 6.45) is 0. The van der Waals surface area contributed by atoms with Gasteiger partial charge in [-0.25, -0.2) is 0 Å². The van der Waals surface area contributed by atoms with Gasteiger partial charge in [-0.1, -0.05) is 151 Å². The van der Waals surface area contributed by atoms with Crippen LogP contribution in [-0.4, -0.2) is 0 Å². The highest BCUT2D eigenvalue weighted by Gasteiger charge is 2.24. The molecule has 0 saturated carbocycles. The first-order valence-corrected chi connectivity index (χ1v) is 13.8. The van der Waals surface area contributed by atoms with Crippen LogP contribution in [0.2, 0.25) is 0 Å². The summed E-state index contributed by atoms with van der Waals surface area (Å²) in [5.74, 6) is 0. The Bertz CT molecular complexity index is 4270. The smallest absolute Gasteiger partial charge is 0.145 e. The third-order valence-corrected chi connectivity index (χ3v) is 7.18. The van der Waals surface area contributed by atoms with Gasteiger partial charge in [0.1, 0.15) is 11.2 Å². The van der Waals surface area contributed by atoms with E-state index in [1.54, 1.807) is 0 Å². The Balaban J connectivity index is 1.66. The number of hydrogen-bond donors (Lipinski definition) is 0. The van der Waals surface area contributed by atoms with E-state index in [1.807, 2.05) is 0 Å². The topological polar surface area (TPSA) is 16.4 Å². The highest BCUT2D eigenvalue weighted by molar-refractivity contribution is 6.19. The first-order chi connectivity index (χ1) is 36.7. The predicted molar refractivity (Wildman–Crippen MR) is 202 cm³/mol. The minimum absolute atomic E-state index is 0.359. The molecule has 48 heavy (non-hydrogen) atoms. The van der Waals surface area contributed by atoms with Crippen LogP contribution in [0, 0.1) is 0 Å². The van der Waals surface area contributed by atoms with Gasteiger partial charge in [0.2, 0.25) is 0 Å².